The number of nitrogens with zero attached hydrogens (tertiary/aromatic N) is 2. The Morgan fingerprint density at radius 1 is 1.32 bits per heavy atom. The molecule has 2 aromatic heterocycles. The van der Waals surface area contributed by atoms with Crippen molar-refractivity contribution in [3.63, 3.8) is 0 Å². The Morgan fingerprint density at radius 3 is 2.68 bits per heavy atom. The summed E-state index contributed by atoms with van der Waals surface area (Å²) < 4.78 is 32.2. The van der Waals surface area contributed by atoms with E-state index in [1.54, 1.807) is 6.26 Å². The number of carbonyl (C=O) groups is 1. The van der Waals surface area contributed by atoms with Gasteiger partial charge in [-0.3, -0.25) is 9.69 Å². The van der Waals surface area contributed by atoms with Crippen LogP contribution in [-0.2, 0) is 14.8 Å². The number of likely N-dealkylation sites (N-methyl/N-ethyl adjacent to an activating group) is 1. The van der Waals surface area contributed by atoms with E-state index in [0.717, 1.165) is 47.3 Å². The molecule has 1 saturated heterocycles. The van der Waals surface area contributed by atoms with Crippen molar-refractivity contribution in [1.82, 2.24) is 14.5 Å². The number of sulfonamides is 1. The molecule has 0 bridgehead atoms. The van der Waals surface area contributed by atoms with Crippen molar-refractivity contribution in [1.29, 1.82) is 0 Å². The van der Waals surface area contributed by atoms with Crippen molar-refractivity contribution in [2.24, 2.45) is 0 Å². The van der Waals surface area contributed by atoms with Gasteiger partial charge in [0.05, 0.1) is 23.2 Å². The zero-order valence-corrected chi connectivity index (χ0v) is 18.0. The second-order valence-electron chi connectivity index (χ2n) is 6.75. The van der Waals surface area contributed by atoms with Crippen LogP contribution in [0.25, 0.3) is 0 Å². The van der Waals surface area contributed by atoms with Crippen LogP contribution in [0.5, 0.6) is 0 Å². The lowest BCUT2D eigenvalue weighted by Gasteiger charge is -2.33. The molecule has 1 aliphatic heterocycles. The van der Waals surface area contributed by atoms with E-state index in [0.29, 0.717) is 10.9 Å². The van der Waals surface area contributed by atoms with Gasteiger partial charge in [0.25, 0.3) is 10.0 Å². The summed E-state index contributed by atoms with van der Waals surface area (Å²) in [6.07, 6.45) is 5.08. The fourth-order valence-corrected chi connectivity index (χ4v) is 6.08. The van der Waals surface area contributed by atoms with Crippen molar-refractivity contribution < 1.29 is 17.6 Å². The predicted octanol–water partition coefficient (Wildman–Crippen LogP) is 2.96. The quantitative estimate of drug-likeness (QED) is 0.675. The number of halogens is 1. The molecule has 0 aliphatic carbocycles. The summed E-state index contributed by atoms with van der Waals surface area (Å²) in [6, 6.07) is 6.65. The summed E-state index contributed by atoms with van der Waals surface area (Å²) in [7, 11) is -2.35. The topological polar surface area (TPSA) is 82.9 Å². The first-order chi connectivity index (χ1) is 13.4. The molecule has 2 aromatic rings. The maximum Gasteiger partial charge on any atom is 0.252 e. The van der Waals surface area contributed by atoms with Crippen LogP contribution in [0.2, 0.25) is 4.34 Å². The number of rotatable bonds is 8. The first-order valence-electron chi connectivity index (χ1n) is 9.14. The van der Waals surface area contributed by atoms with Crippen molar-refractivity contribution in [2.75, 3.05) is 33.2 Å². The third-order valence-corrected chi connectivity index (χ3v) is 8.28. The van der Waals surface area contributed by atoms with E-state index in [-0.39, 0.29) is 22.7 Å². The first-order valence-corrected chi connectivity index (χ1v) is 11.8. The third kappa shape index (κ3) is 5.15. The van der Waals surface area contributed by atoms with Crippen LogP contribution >= 0.6 is 22.9 Å². The maximum atomic E-state index is 12.5. The molecule has 28 heavy (non-hydrogen) atoms. The maximum absolute atomic E-state index is 12.5. The minimum Gasteiger partial charge on any atom is -0.468 e. The Balaban J connectivity index is 1.60. The molecule has 154 valence electrons. The molecule has 0 aromatic carbocycles. The van der Waals surface area contributed by atoms with Gasteiger partial charge in [-0.25, -0.2) is 8.42 Å². The van der Waals surface area contributed by atoms with Crippen LogP contribution in [0.1, 0.15) is 31.1 Å². The standard InChI is InChI=1S/C18H24ClN3O4S2/c1-21(28(24,25)18-8-7-16(19)27-18)13-17(23)20-12-14(15-6-5-11-26-15)22-9-3-2-4-10-22/h5-8,11,14H,2-4,9-10,12-13H2,1H3,(H,20,23). The summed E-state index contributed by atoms with van der Waals surface area (Å²) in [5.41, 5.74) is 0. The molecule has 3 rings (SSSR count). The van der Waals surface area contributed by atoms with Gasteiger partial charge in [-0.15, -0.1) is 11.3 Å². The lowest BCUT2D eigenvalue weighted by Crippen LogP contribution is -2.43. The Kier molecular flexibility index (Phi) is 7.16. The van der Waals surface area contributed by atoms with E-state index in [2.05, 4.69) is 10.2 Å². The molecule has 1 fully saturated rings. The largest absolute Gasteiger partial charge is 0.468 e. The number of likely N-dealkylation sites (tertiary alicyclic amines) is 1. The monoisotopic (exact) mass is 445 g/mol. The van der Waals surface area contributed by atoms with E-state index in [1.165, 1.54) is 25.6 Å². The van der Waals surface area contributed by atoms with Crippen LogP contribution in [0, 0.1) is 0 Å². The number of amides is 1. The van der Waals surface area contributed by atoms with E-state index in [9.17, 15) is 13.2 Å². The third-order valence-electron chi connectivity index (χ3n) is 4.77. The van der Waals surface area contributed by atoms with Crippen LogP contribution in [-0.4, -0.2) is 56.8 Å². The Bertz CT molecular complexity index is 877. The van der Waals surface area contributed by atoms with Gasteiger partial charge >= 0.3 is 0 Å². The summed E-state index contributed by atoms with van der Waals surface area (Å²) in [4.78, 5) is 14.7. The van der Waals surface area contributed by atoms with Crippen LogP contribution in [0.3, 0.4) is 0 Å². The summed E-state index contributed by atoms with van der Waals surface area (Å²) >= 11 is 6.80. The number of carbonyl (C=O) groups excluding carboxylic acids is 1. The van der Waals surface area contributed by atoms with E-state index in [1.807, 2.05) is 12.1 Å². The first kappa shape index (κ1) is 21.3. The van der Waals surface area contributed by atoms with Gasteiger partial charge < -0.3 is 9.73 Å². The highest BCUT2D eigenvalue weighted by Crippen LogP contribution is 2.27. The molecule has 1 amide bonds. The molecular formula is C18H24ClN3O4S2. The molecule has 10 heteroatoms. The predicted molar refractivity (Wildman–Crippen MR) is 109 cm³/mol. The van der Waals surface area contributed by atoms with Gasteiger partial charge in [0.1, 0.15) is 9.97 Å². The molecule has 1 N–H and O–H groups in total. The number of hydrogen-bond donors (Lipinski definition) is 1. The molecule has 0 radical (unpaired) electrons. The minimum absolute atomic E-state index is 0.0581. The highest BCUT2D eigenvalue weighted by Gasteiger charge is 2.27. The van der Waals surface area contributed by atoms with E-state index in [4.69, 9.17) is 16.0 Å². The highest BCUT2D eigenvalue weighted by molar-refractivity contribution is 7.91. The van der Waals surface area contributed by atoms with Crippen molar-refractivity contribution in [2.45, 2.75) is 29.5 Å². The minimum atomic E-state index is -3.74. The van der Waals surface area contributed by atoms with Gasteiger partial charge in [0.15, 0.2) is 0 Å². The molecule has 1 aliphatic rings. The Labute approximate surface area is 174 Å². The number of furan rings is 1. The van der Waals surface area contributed by atoms with Gasteiger partial charge in [-0.05, 0) is 50.2 Å². The molecule has 0 spiro atoms. The molecule has 7 nitrogen and oxygen atoms in total. The van der Waals surface area contributed by atoms with Crippen LogP contribution < -0.4 is 5.32 Å². The van der Waals surface area contributed by atoms with Gasteiger partial charge in [0.2, 0.25) is 5.91 Å². The lowest BCUT2D eigenvalue weighted by molar-refractivity contribution is -0.121. The fraction of sp³-hybridized carbons (Fsp3) is 0.500. The fourth-order valence-electron chi connectivity index (χ4n) is 3.26. The van der Waals surface area contributed by atoms with E-state index >= 15 is 0 Å². The second kappa shape index (κ2) is 9.41. The molecule has 3 heterocycles. The smallest absolute Gasteiger partial charge is 0.252 e. The molecular weight excluding hydrogens is 422 g/mol. The van der Waals surface area contributed by atoms with Crippen LogP contribution in [0.4, 0.5) is 0 Å². The normalized spacial score (nSPS) is 17.0. The van der Waals surface area contributed by atoms with Crippen molar-refractivity contribution >= 4 is 38.9 Å². The highest BCUT2D eigenvalue weighted by atomic mass is 35.5. The Morgan fingerprint density at radius 2 is 2.07 bits per heavy atom. The lowest BCUT2D eigenvalue weighted by atomic mass is 10.1. The van der Waals surface area contributed by atoms with Crippen LogP contribution in [0.15, 0.2) is 39.2 Å². The van der Waals surface area contributed by atoms with Crippen molar-refractivity contribution in [3.8, 4) is 0 Å². The summed E-state index contributed by atoms with van der Waals surface area (Å²) in [5, 5.41) is 2.86. The van der Waals surface area contributed by atoms with Gasteiger partial charge in [0, 0.05) is 13.6 Å². The number of nitrogens with one attached hydrogen (secondary N) is 1. The average molecular weight is 446 g/mol. The SMILES string of the molecule is CN(CC(=O)NCC(c1ccco1)N1CCCCC1)S(=O)(=O)c1ccc(Cl)s1. The van der Waals surface area contributed by atoms with Gasteiger partial charge in [-0.1, -0.05) is 18.0 Å². The zero-order chi connectivity index (χ0) is 20.1. The molecule has 1 unspecified atom stereocenters. The van der Waals surface area contributed by atoms with Crippen molar-refractivity contribution in [3.05, 3.63) is 40.6 Å². The zero-order valence-electron chi connectivity index (χ0n) is 15.6. The average Bonchev–Trinajstić information content (AvgIpc) is 3.35. The summed E-state index contributed by atoms with van der Waals surface area (Å²) in [5.74, 6) is 0.443. The number of hydrogen-bond acceptors (Lipinski definition) is 6. The Hall–Kier alpha value is -1.39. The number of piperidine rings is 1. The van der Waals surface area contributed by atoms with Gasteiger partial charge in [-0.2, -0.15) is 4.31 Å². The molecule has 0 saturated carbocycles. The second-order valence-corrected chi connectivity index (χ2v) is 10.7. The number of thiophene rings is 1. The molecule has 1 atom stereocenters. The summed E-state index contributed by atoms with van der Waals surface area (Å²) in [6.45, 7) is 2.01. The van der Waals surface area contributed by atoms with E-state index < -0.39 is 10.0 Å².